The van der Waals surface area contributed by atoms with Crippen LogP contribution in [0.4, 0.5) is 8.78 Å². The summed E-state index contributed by atoms with van der Waals surface area (Å²) in [6, 6.07) is 12.8. The molecule has 0 spiro atoms. The van der Waals surface area contributed by atoms with Crippen molar-refractivity contribution in [3.63, 3.8) is 0 Å². The van der Waals surface area contributed by atoms with Crippen LogP contribution in [0.25, 0.3) is 11.3 Å². The lowest BCUT2D eigenvalue weighted by Gasteiger charge is -2.09. The molecule has 2 N–H and O–H groups in total. The highest BCUT2D eigenvalue weighted by Gasteiger charge is 2.14. The average Bonchev–Trinajstić information content (AvgIpc) is 2.44. The van der Waals surface area contributed by atoms with Crippen LogP contribution in [-0.2, 0) is 0 Å². The number of hydrogen-bond acceptors (Lipinski definition) is 2. The molecule has 2 aromatic carbocycles. The summed E-state index contributed by atoms with van der Waals surface area (Å²) in [5.74, 6) is -1.42. The fourth-order valence-electron chi connectivity index (χ4n) is 1.88. The molecule has 0 aliphatic carbocycles. The van der Waals surface area contributed by atoms with Crippen molar-refractivity contribution >= 4 is 11.3 Å². The van der Waals surface area contributed by atoms with Crippen LogP contribution in [0.5, 0.6) is 0 Å². The largest absolute Gasteiger partial charge is 0.397 e. The van der Waals surface area contributed by atoms with Crippen LogP contribution >= 0.6 is 0 Å². The van der Waals surface area contributed by atoms with Crippen LogP contribution < -0.4 is 5.73 Å². The Labute approximate surface area is 115 Å². The summed E-state index contributed by atoms with van der Waals surface area (Å²) in [5, 5.41) is 9.24. The van der Waals surface area contributed by atoms with Gasteiger partial charge in [-0.25, -0.2) is 8.78 Å². The van der Waals surface area contributed by atoms with Crippen LogP contribution in [0, 0.1) is 29.9 Å². The minimum atomic E-state index is -0.783. The quantitative estimate of drug-likeness (QED) is 0.669. The van der Waals surface area contributed by atoms with E-state index in [4.69, 9.17) is 5.73 Å². The van der Waals surface area contributed by atoms with E-state index >= 15 is 0 Å². The Morgan fingerprint density at radius 1 is 1.10 bits per heavy atom. The fraction of sp³-hybridized carbons (Fsp3) is 0.0625. The average molecular weight is 270 g/mol. The standard InChI is InChI=1S/C16H12F2N2/c1-10-7-12(15(18)8-14(10)17)16(20)13(9-19)11-5-3-2-4-6-11/h2-8H,20H2,1H3/b16-13+. The van der Waals surface area contributed by atoms with Gasteiger partial charge in [0, 0.05) is 11.6 Å². The fourth-order valence-corrected chi connectivity index (χ4v) is 1.88. The molecule has 0 unspecified atom stereocenters. The van der Waals surface area contributed by atoms with Gasteiger partial charge in [0.1, 0.15) is 17.7 Å². The molecule has 0 amide bonds. The molecule has 20 heavy (non-hydrogen) atoms. The first-order chi connectivity index (χ1) is 9.54. The number of allylic oxidation sites excluding steroid dienone is 1. The molecular weight excluding hydrogens is 258 g/mol. The summed E-state index contributed by atoms with van der Waals surface area (Å²) < 4.78 is 27.1. The zero-order valence-corrected chi connectivity index (χ0v) is 10.8. The Kier molecular flexibility index (Phi) is 3.81. The predicted octanol–water partition coefficient (Wildman–Crippen LogP) is 3.62. The number of nitrogens with two attached hydrogens (primary N) is 1. The highest BCUT2D eigenvalue weighted by molar-refractivity contribution is 5.96. The Balaban J connectivity index is 2.64. The Hall–Kier alpha value is -2.67. The van der Waals surface area contributed by atoms with Gasteiger partial charge in [-0.05, 0) is 24.1 Å². The molecule has 0 saturated heterocycles. The first-order valence-electron chi connectivity index (χ1n) is 5.96. The second-order valence-corrected chi connectivity index (χ2v) is 4.35. The van der Waals surface area contributed by atoms with E-state index in [-0.39, 0.29) is 22.4 Å². The molecule has 0 aliphatic heterocycles. The summed E-state index contributed by atoms with van der Waals surface area (Å²) in [6.45, 7) is 1.51. The van der Waals surface area contributed by atoms with Crippen molar-refractivity contribution in [3.8, 4) is 6.07 Å². The van der Waals surface area contributed by atoms with E-state index in [9.17, 15) is 14.0 Å². The molecule has 2 nitrogen and oxygen atoms in total. The van der Waals surface area contributed by atoms with Gasteiger partial charge < -0.3 is 5.73 Å². The van der Waals surface area contributed by atoms with E-state index in [1.54, 1.807) is 30.3 Å². The van der Waals surface area contributed by atoms with Crippen LogP contribution in [-0.4, -0.2) is 0 Å². The molecule has 0 atom stereocenters. The Morgan fingerprint density at radius 3 is 2.35 bits per heavy atom. The normalized spacial score (nSPS) is 11.7. The molecule has 0 heterocycles. The smallest absolute Gasteiger partial charge is 0.135 e. The van der Waals surface area contributed by atoms with Crippen LogP contribution in [0.15, 0.2) is 42.5 Å². The van der Waals surface area contributed by atoms with E-state index in [1.807, 2.05) is 6.07 Å². The monoisotopic (exact) mass is 270 g/mol. The second-order valence-electron chi connectivity index (χ2n) is 4.35. The predicted molar refractivity (Wildman–Crippen MR) is 74.2 cm³/mol. The van der Waals surface area contributed by atoms with Crippen molar-refractivity contribution in [2.45, 2.75) is 6.92 Å². The lowest BCUT2D eigenvalue weighted by atomic mass is 9.99. The number of nitrogens with zero attached hydrogens (tertiary/aromatic N) is 1. The summed E-state index contributed by atoms with van der Waals surface area (Å²) >= 11 is 0. The summed E-state index contributed by atoms with van der Waals surface area (Å²) in [5.41, 5.74) is 6.95. The van der Waals surface area contributed by atoms with Crippen molar-refractivity contribution in [2.24, 2.45) is 5.73 Å². The Morgan fingerprint density at radius 2 is 1.75 bits per heavy atom. The number of hydrogen-bond donors (Lipinski definition) is 1. The summed E-state index contributed by atoms with van der Waals surface area (Å²) in [4.78, 5) is 0. The second kappa shape index (κ2) is 5.54. The van der Waals surface area contributed by atoms with Gasteiger partial charge in [0.15, 0.2) is 0 Å². The van der Waals surface area contributed by atoms with Crippen LogP contribution in [0.2, 0.25) is 0 Å². The van der Waals surface area contributed by atoms with Crippen molar-refractivity contribution < 1.29 is 8.78 Å². The number of nitriles is 1. The molecule has 0 saturated carbocycles. The molecule has 0 aliphatic rings. The molecule has 0 aromatic heterocycles. The third-order valence-corrected chi connectivity index (χ3v) is 2.98. The third kappa shape index (κ3) is 2.52. The van der Waals surface area contributed by atoms with Gasteiger partial charge in [0.05, 0.1) is 11.3 Å². The maximum atomic E-state index is 13.8. The number of halogens is 2. The molecule has 4 heteroatoms. The van der Waals surface area contributed by atoms with Gasteiger partial charge in [-0.2, -0.15) is 5.26 Å². The number of benzene rings is 2. The molecule has 2 rings (SSSR count). The zero-order valence-electron chi connectivity index (χ0n) is 10.8. The molecular formula is C16H12F2N2. The van der Waals surface area contributed by atoms with Gasteiger partial charge in [-0.3, -0.25) is 0 Å². The summed E-state index contributed by atoms with van der Waals surface area (Å²) in [7, 11) is 0. The highest BCUT2D eigenvalue weighted by Crippen LogP contribution is 2.25. The van der Waals surface area contributed by atoms with E-state index in [1.165, 1.54) is 13.0 Å². The van der Waals surface area contributed by atoms with Gasteiger partial charge >= 0.3 is 0 Å². The maximum absolute atomic E-state index is 13.8. The van der Waals surface area contributed by atoms with E-state index < -0.39 is 11.6 Å². The van der Waals surface area contributed by atoms with E-state index in [0.717, 1.165) is 6.07 Å². The third-order valence-electron chi connectivity index (χ3n) is 2.98. The molecule has 0 bridgehead atoms. The summed E-state index contributed by atoms with van der Waals surface area (Å²) in [6.07, 6.45) is 0. The van der Waals surface area contributed by atoms with Crippen molar-refractivity contribution in [3.05, 3.63) is 70.8 Å². The molecule has 100 valence electrons. The van der Waals surface area contributed by atoms with E-state index in [0.29, 0.717) is 5.56 Å². The molecule has 0 radical (unpaired) electrons. The van der Waals surface area contributed by atoms with Gasteiger partial charge in [0.25, 0.3) is 0 Å². The lowest BCUT2D eigenvalue weighted by Crippen LogP contribution is -2.04. The minimum absolute atomic E-state index is 0.000648. The zero-order chi connectivity index (χ0) is 14.7. The minimum Gasteiger partial charge on any atom is -0.397 e. The van der Waals surface area contributed by atoms with E-state index in [2.05, 4.69) is 0 Å². The lowest BCUT2D eigenvalue weighted by molar-refractivity contribution is 0.575. The van der Waals surface area contributed by atoms with Crippen molar-refractivity contribution in [2.75, 3.05) is 0 Å². The van der Waals surface area contributed by atoms with Gasteiger partial charge in [-0.1, -0.05) is 30.3 Å². The first kappa shape index (κ1) is 13.8. The maximum Gasteiger partial charge on any atom is 0.135 e. The number of rotatable bonds is 2. The highest BCUT2D eigenvalue weighted by atomic mass is 19.1. The van der Waals surface area contributed by atoms with Crippen LogP contribution in [0.3, 0.4) is 0 Å². The Bertz CT molecular complexity index is 713. The van der Waals surface area contributed by atoms with Crippen LogP contribution in [0.1, 0.15) is 16.7 Å². The van der Waals surface area contributed by atoms with Gasteiger partial charge in [-0.15, -0.1) is 0 Å². The topological polar surface area (TPSA) is 49.8 Å². The molecule has 2 aromatic rings. The first-order valence-corrected chi connectivity index (χ1v) is 5.96. The molecule has 0 fully saturated rings. The SMILES string of the molecule is Cc1cc(/C(N)=C(/C#N)c2ccccc2)c(F)cc1F. The van der Waals surface area contributed by atoms with Gasteiger partial charge in [0.2, 0.25) is 0 Å². The number of aryl methyl sites for hydroxylation is 1. The van der Waals surface area contributed by atoms with Crippen molar-refractivity contribution in [1.29, 1.82) is 5.26 Å². The van der Waals surface area contributed by atoms with Crippen molar-refractivity contribution in [1.82, 2.24) is 0 Å².